The second-order valence-corrected chi connectivity index (χ2v) is 9.55. The lowest BCUT2D eigenvalue weighted by Crippen LogP contribution is -2.49. The second-order valence-electron chi connectivity index (χ2n) is 7.37. The molecular formula is C20H21N7O4S2. The number of piperazine rings is 1. The van der Waals surface area contributed by atoms with Gasteiger partial charge >= 0.3 is 0 Å². The molecule has 2 fully saturated rings. The summed E-state index contributed by atoms with van der Waals surface area (Å²) in [7, 11) is 0. The van der Waals surface area contributed by atoms with E-state index in [1.807, 2.05) is 9.80 Å². The molecule has 3 aromatic heterocycles. The van der Waals surface area contributed by atoms with Gasteiger partial charge in [-0.25, -0.2) is 0 Å². The third kappa shape index (κ3) is 4.82. The average molecular weight is 488 g/mol. The molecule has 2 aliphatic rings. The fourth-order valence-electron chi connectivity index (χ4n) is 3.62. The summed E-state index contributed by atoms with van der Waals surface area (Å²) in [6.07, 6.45) is 1.53. The van der Waals surface area contributed by atoms with Gasteiger partial charge in [-0.05, 0) is 12.1 Å². The van der Waals surface area contributed by atoms with Crippen molar-refractivity contribution in [2.45, 2.75) is 4.34 Å². The zero-order valence-corrected chi connectivity index (χ0v) is 19.3. The van der Waals surface area contributed by atoms with Crippen molar-refractivity contribution in [2.75, 3.05) is 68.0 Å². The summed E-state index contributed by atoms with van der Waals surface area (Å²) in [5, 5.41) is 18.8. The van der Waals surface area contributed by atoms with Gasteiger partial charge in [0.1, 0.15) is 6.07 Å². The average Bonchev–Trinajstić information content (AvgIpc) is 3.63. The number of carbonyl (C=O) groups is 1. The normalized spacial score (nSPS) is 16.8. The molecular weight excluding hydrogens is 466 g/mol. The van der Waals surface area contributed by atoms with E-state index in [9.17, 15) is 10.1 Å². The summed E-state index contributed by atoms with van der Waals surface area (Å²) < 4.78 is 17.3. The highest BCUT2D eigenvalue weighted by molar-refractivity contribution is 8.01. The van der Waals surface area contributed by atoms with Gasteiger partial charge in [-0.15, -0.1) is 10.2 Å². The van der Waals surface area contributed by atoms with Crippen LogP contribution in [0.3, 0.4) is 0 Å². The molecule has 0 aliphatic carbocycles. The van der Waals surface area contributed by atoms with Crippen LogP contribution in [0.5, 0.6) is 0 Å². The molecule has 33 heavy (non-hydrogen) atoms. The van der Waals surface area contributed by atoms with Gasteiger partial charge in [0.25, 0.3) is 5.89 Å². The van der Waals surface area contributed by atoms with Crippen LogP contribution in [0.1, 0.15) is 5.69 Å². The Labute approximate surface area is 197 Å². The van der Waals surface area contributed by atoms with E-state index >= 15 is 0 Å². The molecule has 11 nitrogen and oxygen atoms in total. The first kappa shape index (κ1) is 21.7. The number of carbonyl (C=O) groups excluding carboxylic acids is 1. The molecule has 1 amide bonds. The van der Waals surface area contributed by atoms with Gasteiger partial charge in [-0.2, -0.15) is 10.2 Å². The van der Waals surface area contributed by atoms with E-state index < -0.39 is 0 Å². The van der Waals surface area contributed by atoms with E-state index in [-0.39, 0.29) is 17.5 Å². The smallest absolute Gasteiger partial charge is 0.266 e. The Balaban J connectivity index is 1.14. The minimum Gasteiger partial charge on any atom is -0.459 e. The number of anilines is 2. The maximum absolute atomic E-state index is 12.7. The highest BCUT2D eigenvalue weighted by Crippen LogP contribution is 2.30. The third-order valence-electron chi connectivity index (χ3n) is 5.36. The molecule has 0 aromatic carbocycles. The lowest BCUT2D eigenvalue weighted by Gasteiger charge is -2.34. The van der Waals surface area contributed by atoms with Gasteiger partial charge in [0.05, 0.1) is 25.2 Å². The summed E-state index contributed by atoms with van der Waals surface area (Å²) in [6, 6.07) is 5.54. The van der Waals surface area contributed by atoms with E-state index in [1.54, 1.807) is 12.1 Å². The first-order chi connectivity index (χ1) is 16.2. The summed E-state index contributed by atoms with van der Waals surface area (Å²) in [6.45, 7) is 5.19. The maximum atomic E-state index is 12.7. The zero-order chi connectivity index (χ0) is 22.6. The van der Waals surface area contributed by atoms with Crippen molar-refractivity contribution in [3.05, 3.63) is 24.1 Å². The van der Waals surface area contributed by atoms with Gasteiger partial charge in [-0.3, -0.25) is 4.79 Å². The molecule has 5 heterocycles. The molecule has 13 heteroatoms. The number of rotatable bonds is 6. The Hall–Kier alpha value is -3.08. The fourth-order valence-corrected chi connectivity index (χ4v) is 5.42. The van der Waals surface area contributed by atoms with Crippen LogP contribution in [0.2, 0.25) is 0 Å². The highest BCUT2D eigenvalue weighted by Gasteiger charge is 2.27. The minimum atomic E-state index is 0.0529. The quantitative estimate of drug-likeness (QED) is 0.474. The van der Waals surface area contributed by atoms with Crippen LogP contribution in [0.15, 0.2) is 31.6 Å². The van der Waals surface area contributed by atoms with Crippen LogP contribution in [0.4, 0.5) is 11.0 Å². The van der Waals surface area contributed by atoms with E-state index in [0.717, 1.165) is 22.6 Å². The standard InChI is InChI=1S/C20H21N7O4S2/c21-12-14-18(31-17(22-14)15-2-1-9-30-15)26-5-3-25(4-6-26)16(28)13-32-20-24-23-19(33-20)27-7-10-29-11-8-27/h1-2,9H,3-8,10-11,13H2. The Bertz CT molecular complexity index is 1130. The second kappa shape index (κ2) is 9.82. The number of nitrogens with zero attached hydrogens (tertiary/aromatic N) is 7. The number of morpholine rings is 1. The molecule has 3 aromatic rings. The van der Waals surface area contributed by atoms with E-state index in [4.69, 9.17) is 13.6 Å². The molecule has 172 valence electrons. The highest BCUT2D eigenvalue weighted by atomic mass is 32.2. The SMILES string of the molecule is N#Cc1nc(-c2ccco2)oc1N1CCN(C(=O)CSc2nnc(N3CCOCC3)s2)CC1. The third-order valence-corrected chi connectivity index (χ3v) is 7.47. The number of oxazole rings is 1. The summed E-state index contributed by atoms with van der Waals surface area (Å²) in [5.41, 5.74) is 0.212. The van der Waals surface area contributed by atoms with Gasteiger partial charge in [0.15, 0.2) is 10.1 Å². The maximum Gasteiger partial charge on any atom is 0.266 e. The summed E-state index contributed by atoms with van der Waals surface area (Å²) >= 11 is 2.92. The van der Waals surface area contributed by atoms with E-state index in [1.165, 1.54) is 29.4 Å². The van der Waals surface area contributed by atoms with Crippen LogP contribution in [-0.4, -0.2) is 84.2 Å². The molecule has 0 saturated carbocycles. The van der Waals surface area contributed by atoms with Gasteiger partial charge < -0.3 is 28.3 Å². The van der Waals surface area contributed by atoms with Crippen LogP contribution in [0, 0.1) is 11.3 Å². The number of ether oxygens (including phenoxy) is 1. The number of aromatic nitrogens is 3. The minimum absolute atomic E-state index is 0.0529. The number of hydrogen-bond acceptors (Lipinski definition) is 12. The predicted molar refractivity (Wildman–Crippen MR) is 121 cm³/mol. The van der Waals surface area contributed by atoms with Crippen LogP contribution < -0.4 is 9.80 Å². The number of nitriles is 1. The molecule has 0 spiro atoms. The van der Waals surface area contributed by atoms with Crippen LogP contribution in [-0.2, 0) is 9.53 Å². The van der Waals surface area contributed by atoms with Crippen LogP contribution in [0.25, 0.3) is 11.7 Å². The topological polar surface area (TPSA) is 125 Å². The Morgan fingerprint density at radius 1 is 1.15 bits per heavy atom. The molecule has 0 bridgehead atoms. The summed E-state index contributed by atoms with van der Waals surface area (Å²) in [4.78, 5) is 22.9. The van der Waals surface area contributed by atoms with Crippen molar-refractivity contribution >= 4 is 40.0 Å². The first-order valence-corrected chi connectivity index (χ1v) is 12.3. The molecule has 0 atom stereocenters. The molecule has 0 unspecified atom stereocenters. The van der Waals surface area contributed by atoms with Crippen molar-refractivity contribution in [1.29, 1.82) is 5.26 Å². The number of furan rings is 1. The van der Waals surface area contributed by atoms with Crippen molar-refractivity contribution < 1.29 is 18.4 Å². The zero-order valence-electron chi connectivity index (χ0n) is 17.7. The van der Waals surface area contributed by atoms with Crippen molar-refractivity contribution in [3.8, 4) is 17.7 Å². The van der Waals surface area contributed by atoms with Crippen molar-refractivity contribution in [3.63, 3.8) is 0 Å². The largest absolute Gasteiger partial charge is 0.459 e. The Morgan fingerprint density at radius 2 is 1.97 bits per heavy atom. The lowest BCUT2D eigenvalue weighted by molar-refractivity contribution is -0.128. The number of amides is 1. The fraction of sp³-hybridized carbons (Fsp3) is 0.450. The molecule has 2 aliphatic heterocycles. The molecule has 0 radical (unpaired) electrons. The van der Waals surface area contributed by atoms with Crippen LogP contribution >= 0.6 is 23.1 Å². The van der Waals surface area contributed by atoms with Gasteiger partial charge in [0.2, 0.25) is 22.6 Å². The Morgan fingerprint density at radius 3 is 2.70 bits per heavy atom. The van der Waals surface area contributed by atoms with Crippen molar-refractivity contribution in [1.82, 2.24) is 20.1 Å². The molecule has 5 rings (SSSR count). The van der Waals surface area contributed by atoms with Gasteiger partial charge in [-0.1, -0.05) is 23.1 Å². The lowest BCUT2D eigenvalue weighted by atomic mass is 10.3. The monoisotopic (exact) mass is 487 g/mol. The molecule has 2 saturated heterocycles. The predicted octanol–water partition coefficient (Wildman–Crippen LogP) is 1.94. The van der Waals surface area contributed by atoms with E-state index in [0.29, 0.717) is 56.8 Å². The van der Waals surface area contributed by atoms with Crippen molar-refractivity contribution in [2.24, 2.45) is 0 Å². The van der Waals surface area contributed by atoms with Gasteiger partial charge in [0, 0.05) is 39.3 Å². The number of hydrogen-bond donors (Lipinski definition) is 0. The number of thioether (sulfide) groups is 1. The first-order valence-electron chi connectivity index (χ1n) is 10.5. The molecule has 0 N–H and O–H groups in total. The summed E-state index contributed by atoms with van der Waals surface area (Å²) in [5.74, 6) is 1.52. The van der Waals surface area contributed by atoms with E-state index in [2.05, 4.69) is 26.2 Å². The Kier molecular flexibility index (Phi) is 6.47.